The van der Waals surface area contributed by atoms with E-state index >= 15 is 0 Å². The first-order valence-corrected chi connectivity index (χ1v) is 10.2. The predicted molar refractivity (Wildman–Crippen MR) is 112 cm³/mol. The number of carbonyl (C=O) groups is 1. The zero-order valence-corrected chi connectivity index (χ0v) is 17.2. The fourth-order valence-electron chi connectivity index (χ4n) is 4.15. The molecule has 6 heteroatoms. The molecule has 1 amide bonds. The van der Waals surface area contributed by atoms with Crippen LogP contribution < -0.4 is 4.90 Å². The summed E-state index contributed by atoms with van der Waals surface area (Å²) in [5, 5.41) is 12.0. The van der Waals surface area contributed by atoms with E-state index in [4.69, 9.17) is 12.2 Å². The van der Waals surface area contributed by atoms with Crippen LogP contribution in [0.25, 0.3) is 6.08 Å². The highest BCUT2D eigenvalue weighted by atomic mass is 32.2. The lowest BCUT2D eigenvalue weighted by molar-refractivity contribution is -0.120. The van der Waals surface area contributed by atoms with Crippen LogP contribution in [0.3, 0.4) is 0 Å². The van der Waals surface area contributed by atoms with Gasteiger partial charge >= 0.3 is 0 Å². The molecule has 0 atom stereocenters. The van der Waals surface area contributed by atoms with Crippen molar-refractivity contribution in [3.05, 3.63) is 38.9 Å². The molecular formula is C20H23N2O2S2-. The van der Waals surface area contributed by atoms with Crippen molar-refractivity contribution in [2.24, 2.45) is 0 Å². The molecule has 0 aromatic heterocycles. The number of hydroxylamine groups is 2. The summed E-state index contributed by atoms with van der Waals surface area (Å²) in [4.78, 5) is 15.0. The van der Waals surface area contributed by atoms with Crippen LogP contribution >= 0.6 is 24.0 Å². The van der Waals surface area contributed by atoms with Crippen molar-refractivity contribution in [2.45, 2.75) is 51.4 Å². The Morgan fingerprint density at radius 2 is 1.65 bits per heavy atom. The molecule has 0 radical (unpaired) electrons. The maximum Gasteiger partial charge on any atom is 0.255 e. The molecule has 3 heterocycles. The molecule has 0 bridgehead atoms. The number of carbonyl (C=O) groups excluding carboxylic acids is 1. The summed E-state index contributed by atoms with van der Waals surface area (Å²) in [7, 11) is 0. The third-order valence-corrected chi connectivity index (χ3v) is 7.24. The zero-order valence-electron chi connectivity index (χ0n) is 15.6. The van der Waals surface area contributed by atoms with Crippen LogP contribution in [-0.4, -0.2) is 28.4 Å². The zero-order chi connectivity index (χ0) is 18.9. The molecule has 1 aromatic rings. The largest absolute Gasteiger partial charge is 0.750 e. The summed E-state index contributed by atoms with van der Waals surface area (Å²) < 4.78 is 0.0763. The fraction of sp³-hybridized carbons (Fsp3) is 0.500. The van der Waals surface area contributed by atoms with Gasteiger partial charge in [0.15, 0.2) is 0 Å². The molecule has 26 heavy (non-hydrogen) atoms. The van der Waals surface area contributed by atoms with Crippen molar-refractivity contribution in [3.8, 4) is 0 Å². The van der Waals surface area contributed by atoms with E-state index in [1.54, 1.807) is 0 Å². The molecule has 4 nitrogen and oxygen atoms in total. The van der Waals surface area contributed by atoms with Gasteiger partial charge in [-0.3, -0.25) is 4.79 Å². The second-order valence-electron chi connectivity index (χ2n) is 8.70. The molecule has 0 spiro atoms. The van der Waals surface area contributed by atoms with Crippen LogP contribution in [0.1, 0.15) is 57.2 Å². The number of benzene rings is 1. The van der Waals surface area contributed by atoms with Gasteiger partial charge in [-0.05, 0) is 58.6 Å². The Labute approximate surface area is 164 Å². The van der Waals surface area contributed by atoms with Crippen molar-refractivity contribution in [1.82, 2.24) is 5.06 Å². The van der Waals surface area contributed by atoms with Crippen molar-refractivity contribution in [1.29, 1.82) is 0 Å². The number of thioether (sulfide) groups is 1. The molecule has 0 aliphatic carbocycles. The topological polar surface area (TPSA) is 46.6 Å². The van der Waals surface area contributed by atoms with Crippen LogP contribution in [0.5, 0.6) is 0 Å². The van der Waals surface area contributed by atoms with Crippen LogP contribution in [0.2, 0.25) is 0 Å². The number of anilines is 1. The summed E-state index contributed by atoms with van der Waals surface area (Å²) in [6.07, 6.45) is 4.06. The minimum atomic E-state index is -0.550. The Bertz CT molecular complexity index is 816. The average molecular weight is 388 g/mol. The van der Waals surface area contributed by atoms with Crippen molar-refractivity contribution in [2.75, 3.05) is 18.0 Å². The molecule has 0 unspecified atom stereocenters. The molecule has 0 N–H and O–H groups in total. The van der Waals surface area contributed by atoms with Gasteiger partial charge in [0, 0.05) is 18.8 Å². The Balaban J connectivity index is 1.89. The third-order valence-electron chi connectivity index (χ3n) is 5.98. The first-order chi connectivity index (χ1) is 12.1. The maximum atomic E-state index is 12.1. The summed E-state index contributed by atoms with van der Waals surface area (Å²) in [5.41, 5.74) is 5.24. The van der Waals surface area contributed by atoms with Gasteiger partial charge < -0.3 is 15.2 Å². The summed E-state index contributed by atoms with van der Waals surface area (Å²) in [5.74, 6) is -0.550. The lowest BCUT2D eigenvalue weighted by Gasteiger charge is -2.48. The Hall–Kier alpha value is -1.37. The number of hydrogen-bond donors (Lipinski definition) is 0. The molecule has 3 aliphatic rings. The van der Waals surface area contributed by atoms with E-state index in [0.717, 1.165) is 43.3 Å². The molecule has 0 saturated carbocycles. The van der Waals surface area contributed by atoms with E-state index in [1.165, 1.54) is 16.8 Å². The van der Waals surface area contributed by atoms with E-state index in [0.29, 0.717) is 9.97 Å². The van der Waals surface area contributed by atoms with Crippen molar-refractivity contribution >= 4 is 46.0 Å². The Morgan fingerprint density at radius 1 is 1.12 bits per heavy atom. The van der Waals surface area contributed by atoms with E-state index in [9.17, 15) is 10.0 Å². The van der Waals surface area contributed by atoms with Gasteiger partial charge in [-0.15, -0.1) is 0 Å². The summed E-state index contributed by atoms with van der Waals surface area (Å²) in [6.45, 7) is 11.4. The molecule has 1 aromatic carbocycles. The van der Waals surface area contributed by atoms with Gasteiger partial charge in [-0.25, -0.2) is 0 Å². The third kappa shape index (κ3) is 2.70. The predicted octanol–water partition coefficient (Wildman–Crippen LogP) is 4.55. The van der Waals surface area contributed by atoms with Crippen molar-refractivity contribution < 1.29 is 4.79 Å². The summed E-state index contributed by atoms with van der Waals surface area (Å²) in [6, 6.07) is 4.40. The molecule has 4 rings (SSSR count). The highest BCUT2D eigenvalue weighted by Gasteiger charge is 2.40. The number of thiocarbonyl (C=S) groups is 1. The van der Waals surface area contributed by atoms with Gasteiger partial charge in [-0.2, -0.15) is 0 Å². The first kappa shape index (κ1) is 18.0. The van der Waals surface area contributed by atoms with Crippen molar-refractivity contribution in [3.63, 3.8) is 0 Å². The smallest absolute Gasteiger partial charge is 0.255 e. The van der Waals surface area contributed by atoms with E-state index in [-0.39, 0.29) is 15.2 Å². The number of amides is 1. The van der Waals surface area contributed by atoms with Crippen LogP contribution in [0.4, 0.5) is 5.69 Å². The lowest BCUT2D eigenvalue weighted by atomic mass is 9.69. The number of nitrogens with zero attached hydrogens (tertiary/aromatic N) is 2. The molecule has 1 fully saturated rings. The SMILES string of the molecule is CC1(C)CCN2CCC(C)(C)c3cc(/C=C4/SC(=S)N([O-])C4=O)cc1c32. The normalized spacial score (nSPS) is 25.0. The average Bonchev–Trinajstić information content (AvgIpc) is 2.80. The second kappa shape index (κ2) is 5.81. The minimum absolute atomic E-state index is 0.0763. The van der Waals surface area contributed by atoms with Gasteiger partial charge in [0.2, 0.25) is 0 Å². The second-order valence-corrected chi connectivity index (χ2v) is 10.4. The van der Waals surface area contributed by atoms with Crippen LogP contribution in [-0.2, 0) is 15.6 Å². The highest BCUT2D eigenvalue weighted by molar-refractivity contribution is 8.26. The van der Waals surface area contributed by atoms with Crippen LogP contribution in [0.15, 0.2) is 17.0 Å². The Kier molecular flexibility index (Phi) is 4.03. The number of hydrogen-bond acceptors (Lipinski definition) is 5. The number of rotatable bonds is 1. The van der Waals surface area contributed by atoms with Gasteiger partial charge in [0.1, 0.15) is 4.32 Å². The summed E-state index contributed by atoms with van der Waals surface area (Å²) >= 11 is 6.05. The van der Waals surface area contributed by atoms with E-state index < -0.39 is 5.91 Å². The molecule has 3 aliphatic heterocycles. The Morgan fingerprint density at radius 3 is 2.12 bits per heavy atom. The molecule has 1 saturated heterocycles. The first-order valence-electron chi connectivity index (χ1n) is 8.99. The molecule has 138 valence electrons. The van der Waals surface area contributed by atoms with E-state index in [2.05, 4.69) is 44.7 Å². The fourth-order valence-corrected chi connectivity index (χ4v) is 5.22. The quantitative estimate of drug-likeness (QED) is 0.522. The van der Waals surface area contributed by atoms with Gasteiger partial charge in [0.05, 0.1) is 4.91 Å². The maximum absolute atomic E-state index is 12.1. The standard InChI is InChI=1S/C20H23N2O2S2/c1-19(2)5-7-21-8-6-20(3,4)14-10-12(9-13(19)16(14)21)11-15-17(23)22(24)18(25)26-15/h9-11H,5-8H2,1-4H3/q-1/b15-11+. The lowest BCUT2D eigenvalue weighted by Crippen LogP contribution is -2.44. The minimum Gasteiger partial charge on any atom is -0.750 e. The van der Waals surface area contributed by atoms with Gasteiger partial charge in [0.25, 0.3) is 5.91 Å². The van der Waals surface area contributed by atoms with Gasteiger partial charge in [-0.1, -0.05) is 51.7 Å². The highest BCUT2D eigenvalue weighted by Crippen LogP contribution is 2.49. The van der Waals surface area contributed by atoms with E-state index in [1.807, 2.05) is 6.08 Å². The molecular weight excluding hydrogens is 364 g/mol. The monoisotopic (exact) mass is 387 g/mol. The van der Waals surface area contributed by atoms with Crippen LogP contribution in [0, 0.1) is 5.21 Å².